The maximum atomic E-state index is 11.0. The zero-order valence-electron chi connectivity index (χ0n) is 15.2. The van der Waals surface area contributed by atoms with Crippen LogP contribution < -0.4 is 4.74 Å². The maximum Gasteiger partial charge on any atom is 0.269 e. The van der Waals surface area contributed by atoms with E-state index in [9.17, 15) is 10.1 Å². The van der Waals surface area contributed by atoms with Gasteiger partial charge in [0.2, 0.25) is 6.23 Å². The summed E-state index contributed by atoms with van der Waals surface area (Å²) in [4.78, 5) is 10.6. The van der Waals surface area contributed by atoms with E-state index in [1.165, 1.54) is 12.1 Å². The summed E-state index contributed by atoms with van der Waals surface area (Å²) in [5.41, 5.74) is 3.87. The predicted molar refractivity (Wildman–Crippen MR) is 110 cm³/mol. The first-order valence-corrected chi connectivity index (χ1v) is 9.59. The van der Waals surface area contributed by atoms with Crippen LogP contribution in [-0.4, -0.2) is 15.6 Å². The Morgan fingerprint density at radius 1 is 1.07 bits per heavy atom. The molecule has 0 N–H and O–H groups in total. The Labute approximate surface area is 172 Å². The average Bonchev–Trinajstić information content (AvgIpc) is 3.20. The molecule has 3 aromatic rings. The van der Waals surface area contributed by atoms with Crippen molar-refractivity contribution in [2.24, 2.45) is 5.10 Å². The van der Waals surface area contributed by atoms with Gasteiger partial charge in [-0.15, -0.1) is 0 Å². The first-order valence-electron chi connectivity index (χ1n) is 9.22. The third-order valence-corrected chi connectivity index (χ3v) is 5.48. The van der Waals surface area contributed by atoms with Gasteiger partial charge in [0.05, 0.1) is 16.7 Å². The minimum atomic E-state index is -0.476. The highest BCUT2D eigenvalue weighted by atomic mass is 35.5. The topological polar surface area (TPSA) is 68.0 Å². The van der Waals surface area contributed by atoms with Crippen LogP contribution in [0.2, 0.25) is 5.02 Å². The molecule has 0 aliphatic carbocycles. The third-order valence-electron chi connectivity index (χ3n) is 5.25. The summed E-state index contributed by atoms with van der Waals surface area (Å²) in [6.45, 7) is 0. The second-order valence-corrected chi connectivity index (χ2v) is 7.45. The highest BCUT2D eigenvalue weighted by Gasteiger charge is 2.41. The van der Waals surface area contributed by atoms with Gasteiger partial charge in [0.1, 0.15) is 5.75 Å². The van der Waals surface area contributed by atoms with Gasteiger partial charge in [-0.05, 0) is 35.9 Å². The summed E-state index contributed by atoms with van der Waals surface area (Å²) >= 11 is 6.25. The molecular formula is C22H16ClN3O3. The van der Waals surface area contributed by atoms with Crippen LogP contribution in [0.4, 0.5) is 5.69 Å². The van der Waals surface area contributed by atoms with Gasteiger partial charge in [-0.25, -0.2) is 5.01 Å². The van der Waals surface area contributed by atoms with E-state index in [0.717, 1.165) is 34.6 Å². The number of hydrogen-bond acceptors (Lipinski definition) is 5. The molecule has 6 nitrogen and oxygen atoms in total. The first-order chi connectivity index (χ1) is 14.1. The number of rotatable bonds is 3. The molecule has 0 saturated heterocycles. The molecule has 0 radical (unpaired) electrons. The largest absolute Gasteiger partial charge is 0.464 e. The zero-order valence-corrected chi connectivity index (χ0v) is 16.0. The van der Waals surface area contributed by atoms with Crippen molar-refractivity contribution in [3.63, 3.8) is 0 Å². The smallest absolute Gasteiger partial charge is 0.269 e. The average molecular weight is 406 g/mol. The molecule has 0 aromatic heterocycles. The third kappa shape index (κ3) is 3.11. The minimum Gasteiger partial charge on any atom is -0.464 e. The number of benzene rings is 3. The fourth-order valence-electron chi connectivity index (χ4n) is 3.84. The van der Waals surface area contributed by atoms with Crippen molar-refractivity contribution >= 4 is 23.0 Å². The van der Waals surface area contributed by atoms with Gasteiger partial charge in [0, 0.05) is 34.7 Å². The molecule has 0 saturated carbocycles. The van der Waals surface area contributed by atoms with Crippen molar-refractivity contribution in [2.75, 3.05) is 0 Å². The number of nitrogens with zero attached hydrogens (tertiary/aromatic N) is 3. The Hall–Kier alpha value is -3.38. The van der Waals surface area contributed by atoms with Crippen LogP contribution in [0.3, 0.4) is 0 Å². The molecule has 7 heteroatoms. The number of nitro benzene ring substituents is 1. The summed E-state index contributed by atoms with van der Waals surface area (Å²) in [6, 6.07) is 22.0. The van der Waals surface area contributed by atoms with E-state index in [0.29, 0.717) is 5.02 Å². The van der Waals surface area contributed by atoms with Crippen molar-refractivity contribution in [1.82, 2.24) is 5.01 Å². The van der Waals surface area contributed by atoms with Crippen molar-refractivity contribution in [3.8, 4) is 5.75 Å². The van der Waals surface area contributed by atoms with Gasteiger partial charge in [-0.2, -0.15) is 5.10 Å². The molecule has 0 amide bonds. The van der Waals surface area contributed by atoms with Crippen molar-refractivity contribution < 1.29 is 9.66 Å². The van der Waals surface area contributed by atoms with Crippen LogP contribution >= 0.6 is 11.6 Å². The lowest BCUT2D eigenvalue weighted by Gasteiger charge is -2.38. The standard InChI is InChI=1S/C22H16ClN3O3/c23-16-8-11-21-18(12-16)20-13-19(14-4-2-1-3-5-14)24-25(20)22(29-21)15-6-9-17(10-7-15)26(27)28/h1-12,20,22H,13H2/t20-,22-/m0/s1. The van der Waals surface area contributed by atoms with Gasteiger partial charge in [-0.3, -0.25) is 10.1 Å². The zero-order chi connectivity index (χ0) is 20.0. The van der Waals surface area contributed by atoms with E-state index in [1.54, 1.807) is 18.2 Å². The van der Waals surface area contributed by atoms with E-state index in [2.05, 4.69) is 0 Å². The maximum absolute atomic E-state index is 11.0. The Kier molecular flexibility index (Phi) is 4.21. The van der Waals surface area contributed by atoms with Crippen LogP contribution in [0.15, 0.2) is 77.9 Å². The molecule has 2 aliphatic heterocycles. The fraction of sp³-hybridized carbons (Fsp3) is 0.136. The number of fused-ring (bicyclic) bond motifs is 3. The van der Waals surface area contributed by atoms with Crippen molar-refractivity contribution in [3.05, 3.63) is 105 Å². The first kappa shape index (κ1) is 17.7. The van der Waals surface area contributed by atoms with Crippen LogP contribution in [0, 0.1) is 10.1 Å². The Balaban J connectivity index is 1.58. The SMILES string of the molecule is O=[N+]([O-])c1ccc([C@@H]2Oc3ccc(Cl)cc3[C@@H]3CC(c4ccccc4)=NN32)cc1. The number of hydrazone groups is 1. The van der Waals surface area contributed by atoms with Crippen LogP contribution in [0.1, 0.15) is 35.4 Å². The monoisotopic (exact) mass is 405 g/mol. The van der Waals surface area contributed by atoms with E-state index >= 15 is 0 Å². The summed E-state index contributed by atoms with van der Waals surface area (Å²) in [6.07, 6.45) is 0.250. The number of hydrogen-bond donors (Lipinski definition) is 0. The lowest BCUT2D eigenvalue weighted by Crippen LogP contribution is -2.33. The highest BCUT2D eigenvalue weighted by Crippen LogP contribution is 2.48. The Bertz CT molecular complexity index is 1120. The number of nitro groups is 1. The van der Waals surface area contributed by atoms with Crippen LogP contribution in [-0.2, 0) is 0 Å². The molecule has 29 heavy (non-hydrogen) atoms. The van der Waals surface area contributed by atoms with E-state index in [-0.39, 0.29) is 11.7 Å². The van der Waals surface area contributed by atoms with Gasteiger partial charge in [0.15, 0.2) is 0 Å². The molecule has 3 aromatic carbocycles. The number of ether oxygens (including phenoxy) is 1. The molecule has 5 rings (SSSR count). The van der Waals surface area contributed by atoms with Gasteiger partial charge in [0.25, 0.3) is 5.69 Å². The number of halogens is 1. The van der Waals surface area contributed by atoms with Gasteiger partial charge >= 0.3 is 0 Å². The van der Waals surface area contributed by atoms with Crippen LogP contribution in [0.25, 0.3) is 0 Å². The minimum absolute atomic E-state index is 0.0205. The quantitative estimate of drug-likeness (QED) is 0.426. The second kappa shape index (κ2) is 6.90. The summed E-state index contributed by atoms with van der Waals surface area (Å²) in [5, 5.41) is 18.4. The van der Waals surface area contributed by atoms with Crippen molar-refractivity contribution in [1.29, 1.82) is 0 Å². The summed E-state index contributed by atoms with van der Waals surface area (Å²) < 4.78 is 6.26. The molecule has 2 atom stereocenters. The molecule has 0 fully saturated rings. The van der Waals surface area contributed by atoms with Gasteiger partial charge in [-0.1, -0.05) is 41.9 Å². The molecule has 2 heterocycles. The molecular weight excluding hydrogens is 390 g/mol. The van der Waals surface area contributed by atoms with Gasteiger partial charge < -0.3 is 4.74 Å². The van der Waals surface area contributed by atoms with E-state index < -0.39 is 11.2 Å². The molecule has 0 unspecified atom stereocenters. The second-order valence-electron chi connectivity index (χ2n) is 7.01. The molecule has 144 valence electrons. The Morgan fingerprint density at radius 2 is 1.83 bits per heavy atom. The lowest BCUT2D eigenvalue weighted by molar-refractivity contribution is -0.384. The Morgan fingerprint density at radius 3 is 2.55 bits per heavy atom. The molecule has 0 spiro atoms. The fourth-order valence-corrected chi connectivity index (χ4v) is 4.02. The normalized spacial score (nSPS) is 19.8. The summed E-state index contributed by atoms with van der Waals surface area (Å²) in [7, 11) is 0. The van der Waals surface area contributed by atoms with Crippen molar-refractivity contribution in [2.45, 2.75) is 18.7 Å². The van der Waals surface area contributed by atoms with E-state index in [4.69, 9.17) is 21.4 Å². The van der Waals surface area contributed by atoms with E-state index in [1.807, 2.05) is 47.5 Å². The number of non-ortho nitro benzene ring substituents is 1. The molecule has 0 bridgehead atoms. The molecule has 2 aliphatic rings. The van der Waals surface area contributed by atoms with Crippen LogP contribution in [0.5, 0.6) is 5.75 Å². The highest BCUT2D eigenvalue weighted by molar-refractivity contribution is 6.30. The lowest BCUT2D eigenvalue weighted by atomic mass is 9.96. The predicted octanol–water partition coefficient (Wildman–Crippen LogP) is 5.49. The summed E-state index contributed by atoms with van der Waals surface area (Å²) in [5.74, 6) is 0.753.